The summed E-state index contributed by atoms with van der Waals surface area (Å²) in [6.45, 7) is 6.41. The average Bonchev–Trinajstić information content (AvgIpc) is 2.36. The Labute approximate surface area is 116 Å². The van der Waals surface area contributed by atoms with Crippen molar-refractivity contribution in [1.29, 1.82) is 0 Å². The monoisotopic (exact) mass is 277 g/mol. The van der Waals surface area contributed by atoms with Crippen LogP contribution >= 0.6 is 11.6 Å². The van der Waals surface area contributed by atoms with Gasteiger partial charge in [0.15, 0.2) is 0 Å². The van der Waals surface area contributed by atoms with Gasteiger partial charge in [0.25, 0.3) is 0 Å². The summed E-state index contributed by atoms with van der Waals surface area (Å²) >= 11 is 6.12. The lowest BCUT2D eigenvalue weighted by Gasteiger charge is -2.30. The highest BCUT2D eigenvalue weighted by Crippen LogP contribution is 2.29. The topological polar surface area (TPSA) is 32.7 Å². The zero-order valence-electron chi connectivity index (χ0n) is 11.8. The minimum absolute atomic E-state index is 0.391. The third-order valence-electron chi connectivity index (χ3n) is 3.74. The van der Waals surface area contributed by atoms with Gasteiger partial charge in [0.2, 0.25) is 6.41 Å². The Hall–Kier alpha value is 0.170. The molecule has 0 aromatic rings. The molecular formula is C14H28ClNO2. The summed E-state index contributed by atoms with van der Waals surface area (Å²) < 4.78 is 5.27. The standard InChI is InChI=1S/C14H28ClNO2/c1-3-10-16(14(17)18-4-2)11-9-12-5-7-13(15)8-6-12/h12-14,17H,3-11H2,1-2H3. The van der Waals surface area contributed by atoms with Crippen molar-refractivity contribution in [2.75, 3.05) is 19.7 Å². The molecule has 1 aliphatic carbocycles. The molecular weight excluding hydrogens is 250 g/mol. The van der Waals surface area contributed by atoms with Gasteiger partial charge in [-0.2, -0.15) is 0 Å². The SMILES string of the molecule is CCCN(CCC1CCC(Cl)CC1)C(O)OCC. The van der Waals surface area contributed by atoms with Crippen LogP contribution in [-0.2, 0) is 4.74 Å². The molecule has 1 aliphatic rings. The van der Waals surface area contributed by atoms with E-state index in [0.29, 0.717) is 12.0 Å². The van der Waals surface area contributed by atoms with Gasteiger partial charge in [-0.25, -0.2) is 0 Å². The van der Waals surface area contributed by atoms with Crippen LogP contribution in [0.25, 0.3) is 0 Å². The van der Waals surface area contributed by atoms with E-state index >= 15 is 0 Å². The van der Waals surface area contributed by atoms with Crippen molar-refractivity contribution in [2.24, 2.45) is 5.92 Å². The number of alkyl halides is 1. The Morgan fingerprint density at radius 1 is 1.22 bits per heavy atom. The Balaban J connectivity index is 2.28. The fraction of sp³-hybridized carbons (Fsp3) is 1.00. The van der Waals surface area contributed by atoms with Crippen LogP contribution in [-0.4, -0.2) is 41.5 Å². The van der Waals surface area contributed by atoms with E-state index in [2.05, 4.69) is 6.92 Å². The molecule has 108 valence electrons. The number of hydrogen-bond donors (Lipinski definition) is 1. The summed E-state index contributed by atoms with van der Waals surface area (Å²) in [4.78, 5) is 2.04. The van der Waals surface area contributed by atoms with Crippen molar-refractivity contribution < 1.29 is 9.84 Å². The van der Waals surface area contributed by atoms with Gasteiger partial charge < -0.3 is 9.84 Å². The Kier molecular flexibility index (Phi) is 8.23. The Morgan fingerprint density at radius 3 is 2.44 bits per heavy atom. The fourth-order valence-corrected chi connectivity index (χ4v) is 2.89. The van der Waals surface area contributed by atoms with E-state index in [-0.39, 0.29) is 0 Å². The van der Waals surface area contributed by atoms with Crippen LogP contribution in [0.5, 0.6) is 0 Å². The molecule has 1 N–H and O–H groups in total. The predicted molar refractivity (Wildman–Crippen MR) is 75.7 cm³/mol. The molecule has 1 unspecified atom stereocenters. The molecule has 1 atom stereocenters. The first kappa shape index (κ1) is 16.2. The summed E-state index contributed by atoms with van der Waals surface area (Å²) in [5, 5.41) is 10.3. The first-order valence-corrected chi connectivity index (χ1v) is 7.78. The van der Waals surface area contributed by atoms with E-state index in [0.717, 1.165) is 44.7 Å². The summed E-state index contributed by atoms with van der Waals surface area (Å²) in [6.07, 6.45) is 6.21. The molecule has 18 heavy (non-hydrogen) atoms. The highest BCUT2D eigenvalue weighted by atomic mass is 35.5. The highest BCUT2D eigenvalue weighted by Gasteiger charge is 2.21. The first-order chi connectivity index (χ1) is 8.67. The van der Waals surface area contributed by atoms with E-state index in [1.807, 2.05) is 11.8 Å². The van der Waals surface area contributed by atoms with Crippen molar-refractivity contribution in [3.63, 3.8) is 0 Å². The average molecular weight is 278 g/mol. The number of ether oxygens (including phenoxy) is 1. The molecule has 0 aromatic carbocycles. The van der Waals surface area contributed by atoms with Crippen LogP contribution in [0.4, 0.5) is 0 Å². The van der Waals surface area contributed by atoms with Crippen molar-refractivity contribution >= 4 is 11.6 Å². The second-order valence-electron chi connectivity index (χ2n) is 5.22. The number of aliphatic hydroxyl groups excluding tert-OH is 1. The van der Waals surface area contributed by atoms with Crippen LogP contribution in [0.2, 0.25) is 0 Å². The molecule has 0 amide bonds. The molecule has 1 fully saturated rings. The molecule has 3 nitrogen and oxygen atoms in total. The van der Waals surface area contributed by atoms with Gasteiger partial charge in [-0.3, -0.25) is 4.90 Å². The van der Waals surface area contributed by atoms with Crippen molar-refractivity contribution in [3.05, 3.63) is 0 Å². The second kappa shape index (κ2) is 9.13. The number of nitrogens with zero attached hydrogens (tertiary/aromatic N) is 1. The Morgan fingerprint density at radius 2 is 1.89 bits per heavy atom. The molecule has 4 heteroatoms. The second-order valence-corrected chi connectivity index (χ2v) is 5.84. The van der Waals surface area contributed by atoms with Crippen LogP contribution in [0.1, 0.15) is 52.4 Å². The largest absolute Gasteiger partial charge is 0.356 e. The molecule has 0 heterocycles. The fourth-order valence-electron chi connectivity index (χ4n) is 2.63. The van der Waals surface area contributed by atoms with E-state index in [4.69, 9.17) is 16.3 Å². The van der Waals surface area contributed by atoms with Crippen LogP contribution < -0.4 is 0 Å². The van der Waals surface area contributed by atoms with Gasteiger partial charge in [-0.1, -0.05) is 6.92 Å². The number of halogens is 1. The molecule has 0 saturated heterocycles. The van der Waals surface area contributed by atoms with E-state index in [1.54, 1.807) is 0 Å². The molecule has 0 bridgehead atoms. The lowest BCUT2D eigenvalue weighted by atomic mass is 9.86. The lowest BCUT2D eigenvalue weighted by molar-refractivity contribution is -0.191. The summed E-state index contributed by atoms with van der Waals surface area (Å²) in [6, 6.07) is 0. The van der Waals surface area contributed by atoms with Crippen molar-refractivity contribution in [1.82, 2.24) is 4.90 Å². The van der Waals surface area contributed by atoms with Crippen molar-refractivity contribution in [2.45, 2.75) is 64.2 Å². The van der Waals surface area contributed by atoms with Gasteiger partial charge in [0, 0.05) is 25.1 Å². The smallest absolute Gasteiger partial charge is 0.216 e. The van der Waals surface area contributed by atoms with E-state index in [9.17, 15) is 5.11 Å². The van der Waals surface area contributed by atoms with Gasteiger partial charge in [-0.05, 0) is 51.4 Å². The zero-order chi connectivity index (χ0) is 13.4. The van der Waals surface area contributed by atoms with Gasteiger partial charge in [0.1, 0.15) is 0 Å². The summed E-state index contributed by atoms with van der Waals surface area (Å²) in [5.41, 5.74) is 0. The molecule has 0 radical (unpaired) electrons. The normalized spacial score (nSPS) is 26.5. The summed E-state index contributed by atoms with van der Waals surface area (Å²) in [5.74, 6) is 0.771. The minimum Gasteiger partial charge on any atom is -0.356 e. The minimum atomic E-state index is -0.737. The van der Waals surface area contributed by atoms with Gasteiger partial charge in [0.05, 0.1) is 0 Å². The zero-order valence-corrected chi connectivity index (χ0v) is 12.5. The van der Waals surface area contributed by atoms with Crippen LogP contribution in [0.15, 0.2) is 0 Å². The molecule has 1 rings (SSSR count). The third-order valence-corrected chi connectivity index (χ3v) is 4.18. The highest BCUT2D eigenvalue weighted by molar-refractivity contribution is 6.20. The summed E-state index contributed by atoms with van der Waals surface area (Å²) in [7, 11) is 0. The molecule has 0 aliphatic heterocycles. The van der Waals surface area contributed by atoms with Crippen molar-refractivity contribution in [3.8, 4) is 0 Å². The van der Waals surface area contributed by atoms with Crippen LogP contribution in [0.3, 0.4) is 0 Å². The predicted octanol–water partition coefficient (Wildman–Crippen LogP) is 3.20. The lowest BCUT2D eigenvalue weighted by Crippen LogP contribution is -2.39. The first-order valence-electron chi connectivity index (χ1n) is 7.35. The van der Waals surface area contributed by atoms with Gasteiger partial charge >= 0.3 is 0 Å². The number of aliphatic hydroxyl groups is 1. The van der Waals surface area contributed by atoms with E-state index < -0.39 is 6.41 Å². The number of rotatable bonds is 8. The van der Waals surface area contributed by atoms with E-state index in [1.165, 1.54) is 12.8 Å². The third kappa shape index (κ3) is 5.87. The maximum Gasteiger partial charge on any atom is 0.216 e. The maximum absolute atomic E-state index is 9.89. The Bertz CT molecular complexity index is 208. The maximum atomic E-state index is 9.89. The quantitative estimate of drug-likeness (QED) is 0.546. The molecule has 0 spiro atoms. The van der Waals surface area contributed by atoms with Gasteiger partial charge in [-0.15, -0.1) is 11.6 Å². The number of hydrogen-bond acceptors (Lipinski definition) is 3. The molecule has 0 aromatic heterocycles. The molecule has 1 saturated carbocycles. The van der Waals surface area contributed by atoms with Crippen LogP contribution in [0, 0.1) is 5.92 Å².